The highest BCUT2D eigenvalue weighted by atomic mass is 35.5. The van der Waals surface area contributed by atoms with Crippen molar-refractivity contribution in [3.05, 3.63) is 68.5 Å². The number of nitro groups is 1. The highest BCUT2D eigenvalue weighted by molar-refractivity contribution is 7.21. The number of hydrazine groups is 1. The van der Waals surface area contributed by atoms with Crippen LogP contribution in [0.15, 0.2) is 48.5 Å². The lowest BCUT2D eigenvalue weighted by Gasteiger charge is -2.07. The lowest BCUT2D eigenvalue weighted by molar-refractivity contribution is -0.384. The number of benzene rings is 2. The molecule has 0 unspecified atom stereocenters. The molecule has 0 spiro atoms. The highest BCUT2D eigenvalue weighted by Gasteiger charge is 2.16. The molecule has 3 aromatic rings. The number of amides is 1. The summed E-state index contributed by atoms with van der Waals surface area (Å²) in [6, 6.07) is 13.2. The van der Waals surface area contributed by atoms with Gasteiger partial charge in [-0.05, 0) is 18.2 Å². The third-order valence-electron chi connectivity index (χ3n) is 3.14. The topological polar surface area (TPSA) is 84.3 Å². The van der Waals surface area contributed by atoms with Gasteiger partial charge in [0.15, 0.2) is 0 Å². The molecule has 3 rings (SSSR count). The van der Waals surface area contributed by atoms with E-state index < -0.39 is 4.92 Å². The number of non-ortho nitro benzene ring substituents is 1. The maximum atomic E-state index is 12.2. The Labute approximate surface area is 139 Å². The molecule has 0 aliphatic heterocycles. The van der Waals surface area contributed by atoms with Crippen molar-refractivity contribution in [2.24, 2.45) is 0 Å². The minimum absolute atomic E-state index is 0.0190. The standard InChI is InChI=1S/C15H10ClN3O3S/c16-13-11-3-1-2-4-12(11)23-14(13)15(20)18-17-9-5-7-10(8-6-9)19(21)22/h1-8,17H,(H,18,20). The molecular formula is C15H10ClN3O3S. The minimum atomic E-state index is -0.487. The fraction of sp³-hybridized carbons (Fsp3) is 0. The highest BCUT2D eigenvalue weighted by Crippen LogP contribution is 2.34. The van der Waals surface area contributed by atoms with Gasteiger partial charge in [0.1, 0.15) is 4.88 Å². The summed E-state index contributed by atoms with van der Waals surface area (Å²) in [6.45, 7) is 0. The van der Waals surface area contributed by atoms with Crippen molar-refractivity contribution in [3.8, 4) is 0 Å². The average Bonchev–Trinajstić information content (AvgIpc) is 2.90. The second-order valence-corrected chi connectivity index (χ2v) is 6.05. The van der Waals surface area contributed by atoms with E-state index in [1.165, 1.54) is 35.6 Å². The Bertz CT molecular complexity index is 893. The van der Waals surface area contributed by atoms with Gasteiger partial charge >= 0.3 is 0 Å². The van der Waals surface area contributed by atoms with Gasteiger partial charge in [0.25, 0.3) is 11.6 Å². The van der Waals surface area contributed by atoms with E-state index in [2.05, 4.69) is 10.9 Å². The van der Waals surface area contributed by atoms with Crippen molar-refractivity contribution in [2.75, 3.05) is 5.43 Å². The van der Waals surface area contributed by atoms with Crippen molar-refractivity contribution in [1.29, 1.82) is 0 Å². The number of hydrogen-bond donors (Lipinski definition) is 2. The van der Waals surface area contributed by atoms with Crippen LogP contribution in [-0.4, -0.2) is 10.8 Å². The lowest BCUT2D eigenvalue weighted by Crippen LogP contribution is -2.28. The van der Waals surface area contributed by atoms with E-state index in [-0.39, 0.29) is 11.6 Å². The Hall–Kier alpha value is -2.64. The molecule has 23 heavy (non-hydrogen) atoms. The number of anilines is 1. The predicted octanol–water partition coefficient (Wildman–Crippen LogP) is 4.22. The first kappa shape index (κ1) is 15.3. The first-order valence-corrected chi connectivity index (χ1v) is 7.73. The van der Waals surface area contributed by atoms with Crippen LogP contribution in [0.3, 0.4) is 0 Å². The van der Waals surface area contributed by atoms with Crippen LogP contribution in [-0.2, 0) is 0 Å². The molecule has 0 aliphatic carbocycles. The van der Waals surface area contributed by atoms with Gasteiger partial charge in [-0.25, -0.2) is 0 Å². The second kappa shape index (κ2) is 6.23. The van der Waals surface area contributed by atoms with E-state index in [9.17, 15) is 14.9 Å². The van der Waals surface area contributed by atoms with Crippen LogP contribution in [0.25, 0.3) is 10.1 Å². The summed E-state index contributed by atoms with van der Waals surface area (Å²) in [7, 11) is 0. The number of nitrogens with zero attached hydrogens (tertiary/aromatic N) is 1. The fourth-order valence-corrected chi connectivity index (χ4v) is 3.42. The summed E-state index contributed by atoms with van der Waals surface area (Å²) in [5.41, 5.74) is 5.75. The molecule has 0 fully saturated rings. The Morgan fingerprint density at radius 1 is 1.13 bits per heavy atom. The molecule has 0 radical (unpaired) electrons. The molecule has 2 N–H and O–H groups in total. The Balaban J connectivity index is 1.73. The van der Waals surface area contributed by atoms with Crippen LogP contribution in [0.5, 0.6) is 0 Å². The molecule has 1 heterocycles. The molecule has 0 saturated carbocycles. The molecule has 0 bridgehead atoms. The zero-order valence-corrected chi connectivity index (χ0v) is 13.1. The maximum Gasteiger partial charge on any atom is 0.281 e. The van der Waals surface area contributed by atoms with Crippen LogP contribution in [0.1, 0.15) is 9.67 Å². The minimum Gasteiger partial charge on any atom is -0.298 e. The second-order valence-electron chi connectivity index (χ2n) is 4.62. The van der Waals surface area contributed by atoms with Crippen molar-refractivity contribution in [2.45, 2.75) is 0 Å². The maximum absolute atomic E-state index is 12.2. The van der Waals surface area contributed by atoms with Crippen LogP contribution in [0, 0.1) is 10.1 Å². The van der Waals surface area contributed by atoms with Crippen molar-refractivity contribution < 1.29 is 9.72 Å². The fourth-order valence-electron chi connectivity index (χ4n) is 2.01. The largest absolute Gasteiger partial charge is 0.298 e. The molecule has 2 aromatic carbocycles. The number of nitrogens with one attached hydrogen (secondary N) is 2. The molecule has 0 saturated heterocycles. The molecule has 8 heteroatoms. The average molecular weight is 348 g/mol. The molecular weight excluding hydrogens is 338 g/mol. The zero-order chi connectivity index (χ0) is 16.4. The first-order chi connectivity index (χ1) is 11.1. The number of hydrogen-bond acceptors (Lipinski definition) is 5. The Kier molecular flexibility index (Phi) is 4.14. The summed E-state index contributed by atoms with van der Waals surface area (Å²) in [4.78, 5) is 22.7. The van der Waals surface area contributed by atoms with Crippen molar-refractivity contribution >= 4 is 50.3 Å². The van der Waals surface area contributed by atoms with Gasteiger partial charge in [-0.15, -0.1) is 11.3 Å². The Morgan fingerprint density at radius 3 is 2.48 bits per heavy atom. The third kappa shape index (κ3) is 3.10. The number of thiophene rings is 1. The van der Waals surface area contributed by atoms with Gasteiger partial charge in [0.2, 0.25) is 0 Å². The third-order valence-corrected chi connectivity index (χ3v) is 4.81. The summed E-state index contributed by atoms with van der Waals surface area (Å²) in [6.07, 6.45) is 0. The quantitative estimate of drug-likeness (QED) is 0.546. The van der Waals surface area contributed by atoms with Crippen LogP contribution in [0.2, 0.25) is 5.02 Å². The van der Waals surface area contributed by atoms with Gasteiger partial charge in [0, 0.05) is 22.2 Å². The number of nitro benzene ring substituents is 1. The molecule has 1 aromatic heterocycles. The van der Waals surface area contributed by atoms with E-state index >= 15 is 0 Å². The van der Waals surface area contributed by atoms with Gasteiger partial charge in [-0.1, -0.05) is 29.8 Å². The van der Waals surface area contributed by atoms with Crippen molar-refractivity contribution in [1.82, 2.24) is 5.43 Å². The molecule has 1 amide bonds. The normalized spacial score (nSPS) is 10.5. The monoisotopic (exact) mass is 347 g/mol. The number of halogens is 1. The molecule has 0 aliphatic rings. The molecule has 0 atom stereocenters. The predicted molar refractivity (Wildman–Crippen MR) is 91.0 cm³/mol. The summed E-state index contributed by atoms with van der Waals surface area (Å²) in [5, 5.41) is 11.8. The van der Waals surface area contributed by atoms with E-state index in [1.54, 1.807) is 0 Å². The Morgan fingerprint density at radius 2 is 1.83 bits per heavy atom. The zero-order valence-electron chi connectivity index (χ0n) is 11.6. The van der Waals surface area contributed by atoms with Gasteiger partial charge in [-0.3, -0.25) is 25.8 Å². The lowest BCUT2D eigenvalue weighted by atomic mass is 10.2. The van der Waals surface area contributed by atoms with Crippen LogP contribution in [0.4, 0.5) is 11.4 Å². The number of carbonyl (C=O) groups is 1. The smallest absolute Gasteiger partial charge is 0.281 e. The van der Waals surface area contributed by atoms with E-state index in [0.717, 1.165) is 10.1 Å². The summed E-state index contributed by atoms with van der Waals surface area (Å²) >= 11 is 7.54. The van der Waals surface area contributed by atoms with Gasteiger partial charge in [0.05, 0.1) is 15.6 Å². The van der Waals surface area contributed by atoms with E-state index in [0.29, 0.717) is 15.6 Å². The number of carbonyl (C=O) groups excluding carboxylic acids is 1. The first-order valence-electron chi connectivity index (χ1n) is 6.54. The van der Waals surface area contributed by atoms with Crippen LogP contribution >= 0.6 is 22.9 Å². The number of fused-ring (bicyclic) bond motifs is 1. The van der Waals surface area contributed by atoms with Crippen LogP contribution < -0.4 is 10.9 Å². The number of rotatable bonds is 4. The van der Waals surface area contributed by atoms with Gasteiger partial charge < -0.3 is 0 Å². The SMILES string of the molecule is O=C(NNc1ccc([N+](=O)[O-])cc1)c1sc2ccccc2c1Cl. The molecule has 116 valence electrons. The van der Waals surface area contributed by atoms with Gasteiger partial charge in [-0.2, -0.15) is 0 Å². The summed E-state index contributed by atoms with van der Waals surface area (Å²) < 4.78 is 0.929. The summed E-state index contributed by atoms with van der Waals surface area (Å²) in [5.74, 6) is -0.366. The molecule has 6 nitrogen and oxygen atoms in total. The van der Waals surface area contributed by atoms with Crippen molar-refractivity contribution in [3.63, 3.8) is 0 Å². The van der Waals surface area contributed by atoms with E-state index in [4.69, 9.17) is 11.6 Å². The van der Waals surface area contributed by atoms with E-state index in [1.807, 2.05) is 24.3 Å².